The number of carbonyl (C=O) groups is 1. The minimum absolute atomic E-state index is 0.257. The van der Waals surface area contributed by atoms with Gasteiger partial charge in [0.05, 0.1) is 5.69 Å². The third kappa shape index (κ3) is 2.98. The molecule has 1 aliphatic heterocycles. The summed E-state index contributed by atoms with van der Waals surface area (Å²) in [5, 5.41) is 9.13. The van der Waals surface area contributed by atoms with Gasteiger partial charge in [0.25, 0.3) is 0 Å². The number of carboxylic acid groups (broad SMARTS) is 1. The van der Waals surface area contributed by atoms with Crippen LogP contribution in [0, 0.1) is 5.92 Å². The Balaban J connectivity index is 2.08. The maximum Gasteiger partial charge on any atom is 0.339 e. The fourth-order valence-electron chi connectivity index (χ4n) is 2.30. The van der Waals surface area contributed by atoms with Gasteiger partial charge in [-0.3, -0.25) is 4.98 Å². The number of aromatic carboxylic acids is 1. The molecule has 18 heavy (non-hydrogen) atoms. The molecule has 1 aromatic rings. The molecular weight excluding hydrogens is 232 g/mol. The monoisotopic (exact) mass is 250 g/mol. The van der Waals surface area contributed by atoms with E-state index in [-0.39, 0.29) is 5.56 Å². The molecule has 1 aliphatic rings. The second-order valence-electron chi connectivity index (χ2n) is 4.63. The molecule has 0 amide bonds. The highest BCUT2D eigenvalue weighted by Gasteiger charge is 2.19. The third-order valence-corrected chi connectivity index (χ3v) is 3.31. The first-order valence-electron chi connectivity index (χ1n) is 6.14. The van der Waals surface area contributed by atoms with Gasteiger partial charge in [0.2, 0.25) is 0 Å². The number of anilines is 1. The molecule has 2 heterocycles. The Kier molecular flexibility index (Phi) is 4.15. The van der Waals surface area contributed by atoms with Crippen LogP contribution in [0.5, 0.6) is 0 Å². The summed E-state index contributed by atoms with van der Waals surface area (Å²) < 4.78 is 5.33. The van der Waals surface area contributed by atoms with E-state index in [9.17, 15) is 4.79 Å². The van der Waals surface area contributed by atoms with E-state index in [0.717, 1.165) is 38.3 Å². The van der Waals surface area contributed by atoms with E-state index in [2.05, 4.69) is 4.98 Å². The van der Waals surface area contributed by atoms with Gasteiger partial charge in [0, 0.05) is 39.2 Å². The molecule has 0 aromatic carbocycles. The Morgan fingerprint density at radius 3 is 2.94 bits per heavy atom. The van der Waals surface area contributed by atoms with E-state index in [1.165, 1.54) is 6.20 Å². The van der Waals surface area contributed by atoms with E-state index in [0.29, 0.717) is 5.92 Å². The van der Waals surface area contributed by atoms with Crippen molar-refractivity contribution in [2.24, 2.45) is 5.92 Å². The second kappa shape index (κ2) is 5.82. The van der Waals surface area contributed by atoms with Crippen molar-refractivity contribution in [3.8, 4) is 0 Å². The number of hydrogen-bond acceptors (Lipinski definition) is 4. The number of carboxylic acids is 1. The van der Waals surface area contributed by atoms with Gasteiger partial charge in [-0.2, -0.15) is 0 Å². The predicted molar refractivity (Wildman–Crippen MR) is 68.0 cm³/mol. The van der Waals surface area contributed by atoms with Gasteiger partial charge in [0.1, 0.15) is 5.56 Å². The summed E-state index contributed by atoms with van der Waals surface area (Å²) in [6, 6.07) is 1.75. The van der Waals surface area contributed by atoms with E-state index in [4.69, 9.17) is 9.84 Å². The number of pyridine rings is 1. The molecule has 2 rings (SSSR count). The third-order valence-electron chi connectivity index (χ3n) is 3.31. The Morgan fingerprint density at radius 2 is 2.28 bits per heavy atom. The number of ether oxygens (including phenoxy) is 1. The van der Waals surface area contributed by atoms with Crippen LogP contribution in [0.25, 0.3) is 0 Å². The van der Waals surface area contributed by atoms with Crippen molar-refractivity contribution in [2.75, 3.05) is 31.7 Å². The topological polar surface area (TPSA) is 62.7 Å². The molecule has 1 aromatic heterocycles. The highest BCUT2D eigenvalue weighted by Crippen LogP contribution is 2.22. The van der Waals surface area contributed by atoms with Crippen LogP contribution < -0.4 is 4.90 Å². The molecule has 98 valence electrons. The quantitative estimate of drug-likeness (QED) is 0.880. The van der Waals surface area contributed by atoms with Gasteiger partial charge in [-0.1, -0.05) is 0 Å². The van der Waals surface area contributed by atoms with Crippen LogP contribution in [0.4, 0.5) is 5.69 Å². The molecule has 1 N–H and O–H groups in total. The number of aromatic nitrogens is 1. The largest absolute Gasteiger partial charge is 0.478 e. The zero-order chi connectivity index (χ0) is 13.0. The van der Waals surface area contributed by atoms with Gasteiger partial charge in [-0.25, -0.2) is 4.79 Å². The summed E-state index contributed by atoms with van der Waals surface area (Å²) in [5.41, 5.74) is 0.982. The first-order valence-corrected chi connectivity index (χ1v) is 6.14. The van der Waals surface area contributed by atoms with Crippen LogP contribution in [0.1, 0.15) is 23.2 Å². The highest BCUT2D eigenvalue weighted by atomic mass is 16.5. The SMILES string of the molecule is CN(CC1CCOCC1)c1ccncc1C(=O)O. The Hall–Kier alpha value is -1.62. The van der Waals surface area contributed by atoms with Crippen LogP contribution >= 0.6 is 0 Å². The van der Waals surface area contributed by atoms with Gasteiger partial charge < -0.3 is 14.7 Å². The molecule has 0 atom stereocenters. The molecule has 5 nitrogen and oxygen atoms in total. The standard InChI is InChI=1S/C13H18N2O3/c1-15(9-10-3-6-18-7-4-10)12-2-5-14-8-11(12)13(16)17/h2,5,8,10H,3-4,6-7,9H2,1H3,(H,16,17). The zero-order valence-corrected chi connectivity index (χ0v) is 10.5. The average Bonchev–Trinajstić information content (AvgIpc) is 2.40. The highest BCUT2D eigenvalue weighted by molar-refractivity contribution is 5.93. The first-order chi connectivity index (χ1) is 8.68. The van der Waals surface area contributed by atoms with Crippen molar-refractivity contribution in [1.29, 1.82) is 0 Å². The van der Waals surface area contributed by atoms with Gasteiger partial charge in [-0.15, -0.1) is 0 Å². The minimum atomic E-state index is -0.933. The first kappa shape index (κ1) is 12.8. The smallest absolute Gasteiger partial charge is 0.339 e. The maximum atomic E-state index is 11.1. The lowest BCUT2D eigenvalue weighted by Crippen LogP contribution is -2.30. The lowest BCUT2D eigenvalue weighted by molar-refractivity contribution is 0.0678. The molecule has 0 aliphatic carbocycles. The van der Waals surface area contributed by atoms with Crippen molar-refractivity contribution in [1.82, 2.24) is 4.98 Å². The van der Waals surface area contributed by atoms with Crippen molar-refractivity contribution in [3.63, 3.8) is 0 Å². The van der Waals surface area contributed by atoms with E-state index in [1.54, 1.807) is 12.3 Å². The van der Waals surface area contributed by atoms with E-state index >= 15 is 0 Å². The average molecular weight is 250 g/mol. The lowest BCUT2D eigenvalue weighted by Gasteiger charge is -2.29. The molecule has 0 spiro atoms. The summed E-state index contributed by atoms with van der Waals surface area (Å²) in [6.45, 7) is 2.47. The van der Waals surface area contributed by atoms with Crippen molar-refractivity contribution in [3.05, 3.63) is 24.0 Å². The summed E-state index contributed by atoms with van der Waals surface area (Å²) in [6.07, 6.45) is 5.11. The van der Waals surface area contributed by atoms with Gasteiger partial charge >= 0.3 is 5.97 Å². The normalized spacial score (nSPS) is 16.5. The van der Waals surface area contributed by atoms with Gasteiger partial charge in [0.15, 0.2) is 0 Å². The zero-order valence-electron chi connectivity index (χ0n) is 10.5. The lowest BCUT2D eigenvalue weighted by atomic mass is 9.99. The minimum Gasteiger partial charge on any atom is -0.478 e. The van der Waals surface area contributed by atoms with Crippen LogP contribution in [0.3, 0.4) is 0 Å². The number of nitrogens with zero attached hydrogens (tertiary/aromatic N) is 2. The molecule has 5 heteroatoms. The van der Waals surface area contributed by atoms with E-state index < -0.39 is 5.97 Å². The summed E-state index contributed by atoms with van der Waals surface area (Å²) in [5.74, 6) is -0.365. The fourth-order valence-corrected chi connectivity index (χ4v) is 2.30. The Morgan fingerprint density at radius 1 is 1.56 bits per heavy atom. The molecule has 1 fully saturated rings. The van der Waals surface area contributed by atoms with Gasteiger partial charge in [-0.05, 0) is 24.8 Å². The molecule has 0 radical (unpaired) electrons. The molecule has 0 saturated carbocycles. The molecular formula is C13H18N2O3. The Labute approximate surface area is 106 Å². The van der Waals surface area contributed by atoms with E-state index in [1.807, 2.05) is 11.9 Å². The molecule has 0 unspecified atom stereocenters. The van der Waals surface area contributed by atoms with Crippen LogP contribution in [0.2, 0.25) is 0 Å². The predicted octanol–water partition coefficient (Wildman–Crippen LogP) is 1.64. The number of hydrogen-bond donors (Lipinski definition) is 1. The van der Waals surface area contributed by atoms with Crippen LogP contribution in [-0.4, -0.2) is 42.9 Å². The Bertz CT molecular complexity index is 416. The fraction of sp³-hybridized carbons (Fsp3) is 0.538. The maximum absolute atomic E-state index is 11.1. The van der Waals surface area contributed by atoms with Crippen molar-refractivity contribution >= 4 is 11.7 Å². The van der Waals surface area contributed by atoms with Crippen molar-refractivity contribution in [2.45, 2.75) is 12.8 Å². The summed E-state index contributed by atoms with van der Waals surface area (Å²) in [7, 11) is 1.93. The molecule has 0 bridgehead atoms. The van der Waals surface area contributed by atoms with Crippen LogP contribution in [0.15, 0.2) is 18.5 Å². The summed E-state index contributed by atoms with van der Waals surface area (Å²) >= 11 is 0. The van der Waals surface area contributed by atoms with Crippen molar-refractivity contribution < 1.29 is 14.6 Å². The molecule has 1 saturated heterocycles. The summed E-state index contributed by atoms with van der Waals surface area (Å²) in [4.78, 5) is 17.0. The second-order valence-corrected chi connectivity index (χ2v) is 4.63. The van der Waals surface area contributed by atoms with Crippen LogP contribution in [-0.2, 0) is 4.74 Å². The number of rotatable bonds is 4.